The van der Waals surface area contributed by atoms with E-state index in [4.69, 9.17) is 9.47 Å². The molecule has 32 heavy (non-hydrogen) atoms. The highest BCUT2D eigenvalue weighted by Crippen LogP contribution is 2.34. The van der Waals surface area contributed by atoms with Crippen LogP contribution in [0.25, 0.3) is 0 Å². The highest BCUT2D eigenvalue weighted by atomic mass is 19.1. The lowest BCUT2D eigenvalue weighted by Crippen LogP contribution is -2.33. The number of fused-ring (bicyclic) bond motifs is 2. The molecule has 4 atom stereocenters. The van der Waals surface area contributed by atoms with Crippen LogP contribution < -0.4 is 10.6 Å². The molecule has 4 aliphatic rings. The maximum Gasteiger partial charge on any atom is 0.123 e. The molecule has 0 amide bonds. The molecule has 0 aromatic heterocycles. The first-order valence-electron chi connectivity index (χ1n) is 12.3. The second-order valence-corrected chi connectivity index (χ2v) is 9.53. The van der Waals surface area contributed by atoms with E-state index in [-0.39, 0.29) is 18.0 Å². The Kier molecular flexibility index (Phi) is 6.88. The number of benzene rings is 2. The molecular formula is C27H35FN2O2. The number of hydrogen-bond acceptors (Lipinski definition) is 4. The van der Waals surface area contributed by atoms with E-state index in [2.05, 4.69) is 35.8 Å². The Labute approximate surface area is 190 Å². The number of halogens is 1. The summed E-state index contributed by atoms with van der Waals surface area (Å²) < 4.78 is 25.0. The highest BCUT2D eigenvalue weighted by molar-refractivity contribution is 5.36. The zero-order valence-electron chi connectivity index (χ0n) is 19.0. The standard InChI is InChI=1S/C14H19NO.C13H16FNO/c1-10-4-5-12-11(9-10)6-8-16-14(12)13-3-2-7-15-13;14-10-3-4-11-9(8-10)5-7-16-13(11)12-2-1-6-15-12/h4-5,9,13-15H,2-3,6-8H2,1H3;3-4,8,12-13,15H,1-2,5-7H2/t13-,14+;12-,13-/m00/s1. The summed E-state index contributed by atoms with van der Waals surface area (Å²) in [7, 11) is 0. The van der Waals surface area contributed by atoms with Gasteiger partial charge >= 0.3 is 0 Å². The normalized spacial score (nSPS) is 29.1. The van der Waals surface area contributed by atoms with Crippen molar-refractivity contribution in [2.75, 3.05) is 26.3 Å². The summed E-state index contributed by atoms with van der Waals surface area (Å²) >= 11 is 0. The van der Waals surface area contributed by atoms with Crippen LogP contribution in [0.2, 0.25) is 0 Å². The fraction of sp³-hybridized carbons (Fsp3) is 0.556. The first-order valence-corrected chi connectivity index (χ1v) is 12.3. The third-order valence-corrected chi connectivity index (χ3v) is 7.28. The molecule has 6 rings (SSSR count). The van der Waals surface area contributed by atoms with E-state index in [1.165, 1.54) is 47.6 Å². The van der Waals surface area contributed by atoms with Crippen LogP contribution in [-0.2, 0) is 22.3 Å². The van der Waals surface area contributed by atoms with Crippen LogP contribution in [0.3, 0.4) is 0 Å². The average molecular weight is 439 g/mol. The number of hydrogen-bond donors (Lipinski definition) is 2. The Hall–Kier alpha value is -1.79. The predicted molar refractivity (Wildman–Crippen MR) is 124 cm³/mol. The first kappa shape index (κ1) is 22.0. The van der Waals surface area contributed by atoms with E-state index >= 15 is 0 Å². The van der Waals surface area contributed by atoms with Crippen molar-refractivity contribution in [3.8, 4) is 0 Å². The monoisotopic (exact) mass is 438 g/mol. The largest absolute Gasteiger partial charge is 0.372 e. The van der Waals surface area contributed by atoms with Gasteiger partial charge in [-0.25, -0.2) is 4.39 Å². The SMILES string of the molecule is Cc1ccc2c(c1)CCO[C@H]2[C@@H]1CCCN1.Fc1ccc2c(c1)CCO[C@@H]2[C@@H]1CCCN1. The van der Waals surface area contributed by atoms with Gasteiger partial charge in [0.25, 0.3) is 0 Å². The second kappa shape index (κ2) is 10.0. The number of aryl methyl sites for hydroxylation is 1. The van der Waals surface area contributed by atoms with Crippen molar-refractivity contribution in [2.45, 2.75) is 69.7 Å². The lowest BCUT2D eigenvalue weighted by atomic mass is 9.91. The minimum Gasteiger partial charge on any atom is -0.372 e. The maximum atomic E-state index is 13.1. The van der Waals surface area contributed by atoms with Gasteiger partial charge in [0.05, 0.1) is 25.4 Å². The molecule has 2 aromatic rings. The van der Waals surface area contributed by atoms with Gasteiger partial charge in [-0.15, -0.1) is 0 Å². The van der Waals surface area contributed by atoms with E-state index in [0.29, 0.717) is 18.7 Å². The van der Waals surface area contributed by atoms with Gasteiger partial charge in [0, 0.05) is 12.1 Å². The molecule has 0 saturated carbocycles. The molecule has 2 aromatic carbocycles. The summed E-state index contributed by atoms with van der Waals surface area (Å²) in [5.41, 5.74) is 6.55. The van der Waals surface area contributed by atoms with E-state index in [1.807, 2.05) is 6.07 Å². The van der Waals surface area contributed by atoms with Gasteiger partial charge in [-0.05, 0) is 92.9 Å². The predicted octanol–water partition coefficient (Wildman–Crippen LogP) is 4.55. The smallest absolute Gasteiger partial charge is 0.123 e. The summed E-state index contributed by atoms with van der Waals surface area (Å²) in [4.78, 5) is 0. The van der Waals surface area contributed by atoms with Crippen molar-refractivity contribution in [1.29, 1.82) is 0 Å². The van der Waals surface area contributed by atoms with Crippen LogP contribution in [0.5, 0.6) is 0 Å². The lowest BCUT2D eigenvalue weighted by molar-refractivity contribution is 0.0198. The number of ether oxygens (including phenoxy) is 2. The summed E-state index contributed by atoms with van der Waals surface area (Å²) in [6.07, 6.45) is 7.20. The van der Waals surface area contributed by atoms with E-state index in [1.54, 1.807) is 6.07 Å². The third-order valence-electron chi connectivity index (χ3n) is 7.28. The van der Waals surface area contributed by atoms with E-state index < -0.39 is 0 Å². The van der Waals surface area contributed by atoms with Gasteiger partial charge in [0.15, 0.2) is 0 Å². The second-order valence-electron chi connectivity index (χ2n) is 9.53. The summed E-state index contributed by atoms with van der Waals surface area (Å²) in [6, 6.07) is 12.8. The molecule has 0 bridgehead atoms. The molecule has 0 unspecified atom stereocenters. The average Bonchev–Trinajstić information content (AvgIpc) is 3.53. The molecule has 4 aliphatic heterocycles. The van der Waals surface area contributed by atoms with Gasteiger partial charge in [-0.1, -0.05) is 29.8 Å². The van der Waals surface area contributed by atoms with Gasteiger partial charge in [0.1, 0.15) is 5.82 Å². The summed E-state index contributed by atoms with van der Waals surface area (Å²) in [6.45, 7) is 5.96. The van der Waals surface area contributed by atoms with Crippen LogP contribution in [0.4, 0.5) is 4.39 Å². The van der Waals surface area contributed by atoms with Crippen LogP contribution >= 0.6 is 0 Å². The van der Waals surface area contributed by atoms with Gasteiger partial charge in [-0.2, -0.15) is 0 Å². The lowest BCUT2D eigenvalue weighted by Gasteiger charge is -2.30. The van der Waals surface area contributed by atoms with Gasteiger partial charge in [-0.3, -0.25) is 0 Å². The van der Waals surface area contributed by atoms with Crippen LogP contribution in [0.15, 0.2) is 36.4 Å². The Balaban J connectivity index is 0.000000135. The van der Waals surface area contributed by atoms with Gasteiger partial charge < -0.3 is 20.1 Å². The summed E-state index contributed by atoms with van der Waals surface area (Å²) in [5, 5.41) is 7.02. The van der Waals surface area contributed by atoms with Crippen molar-refractivity contribution in [1.82, 2.24) is 10.6 Å². The Bertz CT molecular complexity index is 846. The van der Waals surface area contributed by atoms with Crippen molar-refractivity contribution < 1.29 is 13.9 Å². The Morgan fingerprint density at radius 2 is 1.34 bits per heavy atom. The fourth-order valence-electron chi connectivity index (χ4n) is 5.67. The van der Waals surface area contributed by atoms with Crippen molar-refractivity contribution in [3.05, 3.63) is 70.0 Å². The van der Waals surface area contributed by atoms with Crippen LogP contribution in [0, 0.1) is 12.7 Å². The van der Waals surface area contributed by atoms with E-state index in [0.717, 1.165) is 44.5 Å². The maximum absolute atomic E-state index is 13.1. The molecule has 4 nitrogen and oxygen atoms in total. The third kappa shape index (κ3) is 4.76. The fourth-order valence-corrected chi connectivity index (χ4v) is 5.67. The Morgan fingerprint density at radius 1 is 0.781 bits per heavy atom. The molecule has 2 saturated heterocycles. The molecule has 0 aliphatic carbocycles. The van der Waals surface area contributed by atoms with Crippen molar-refractivity contribution >= 4 is 0 Å². The number of rotatable bonds is 2. The molecule has 4 heterocycles. The molecular weight excluding hydrogens is 403 g/mol. The molecule has 5 heteroatoms. The van der Waals surface area contributed by atoms with Gasteiger partial charge in [0.2, 0.25) is 0 Å². The Morgan fingerprint density at radius 3 is 1.91 bits per heavy atom. The minimum atomic E-state index is -0.140. The van der Waals surface area contributed by atoms with Crippen molar-refractivity contribution in [2.24, 2.45) is 0 Å². The topological polar surface area (TPSA) is 42.5 Å². The minimum absolute atomic E-state index is 0.117. The zero-order chi connectivity index (χ0) is 21.9. The van der Waals surface area contributed by atoms with Crippen LogP contribution in [-0.4, -0.2) is 38.4 Å². The zero-order valence-corrected chi connectivity index (χ0v) is 19.0. The van der Waals surface area contributed by atoms with Crippen LogP contribution in [0.1, 0.15) is 65.7 Å². The molecule has 0 spiro atoms. The molecule has 2 N–H and O–H groups in total. The highest BCUT2D eigenvalue weighted by Gasteiger charge is 2.31. The molecule has 172 valence electrons. The number of nitrogens with one attached hydrogen (secondary N) is 2. The first-order chi connectivity index (χ1) is 15.7. The van der Waals surface area contributed by atoms with Crippen molar-refractivity contribution in [3.63, 3.8) is 0 Å². The molecule has 0 radical (unpaired) electrons. The quantitative estimate of drug-likeness (QED) is 0.722. The van der Waals surface area contributed by atoms with E-state index in [9.17, 15) is 4.39 Å². The summed E-state index contributed by atoms with van der Waals surface area (Å²) in [5.74, 6) is -0.140. The molecule has 2 fully saturated rings.